The van der Waals surface area contributed by atoms with E-state index in [0.29, 0.717) is 18.9 Å². The molecule has 0 aromatic rings. The normalized spacial score (nSPS) is 29.8. The summed E-state index contributed by atoms with van der Waals surface area (Å²) in [6.07, 6.45) is 5.61. The van der Waals surface area contributed by atoms with E-state index in [4.69, 9.17) is 4.74 Å². The lowest BCUT2D eigenvalue weighted by molar-refractivity contribution is -0.134. The van der Waals surface area contributed by atoms with Gasteiger partial charge in [0.2, 0.25) is 5.91 Å². The van der Waals surface area contributed by atoms with Crippen molar-refractivity contribution in [3.05, 3.63) is 0 Å². The number of carbonyl (C=O) groups is 1. The maximum atomic E-state index is 12.3. The van der Waals surface area contributed by atoms with Gasteiger partial charge in [-0.05, 0) is 38.8 Å². The van der Waals surface area contributed by atoms with E-state index >= 15 is 0 Å². The minimum atomic E-state index is 0.215. The van der Waals surface area contributed by atoms with Crippen LogP contribution >= 0.6 is 0 Å². The van der Waals surface area contributed by atoms with Crippen molar-refractivity contribution in [3.63, 3.8) is 0 Å². The van der Waals surface area contributed by atoms with E-state index in [2.05, 4.69) is 15.1 Å². The van der Waals surface area contributed by atoms with Crippen LogP contribution in [0.25, 0.3) is 0 Å². The molecule has 0 spiro atoms. The van der Waals surface area contributed by atoms with Gasteiger partial charge in [0.25, 0.3) is 0 Å². The zero-order chi connectivity index (χ0) is 13.8. The standard InChI is InChI=1S/C15H27N3O2/c19-15(11-13-12-20-10-5-16-13)18-8-3-14(4-9-18)17-6-1-2-7-17/h13-14,16H,1-12H2. The average molecular weight is 281 g/mol. The number of nitrogens with zero attached hydrogens (tertiary/aromatic N) is 2. The van der Waals surface area contributed by atoms with Crippen LogP contribution in [0.2, 0.25) is 0 Å². The van der Waals surface area contributed by atoms with Gasteiger partial charge in [-0.2, -0.15) is 0 Å². The number of carbonyl (C=O) groups excluding carboxylic acids is 1. The highest BCUT2D eigenvalue weighted by molar-refractivity contribution is 5.77. The number of hydrogen-bond donors (Lipinski definition) is 1. The van der Waals surface area contributed by atoms with Gasteiger partial charge in [0.15, 0.2) is 0 Å². The molecule has 0 radical (unpaired) electrons. The number of nitrogens with one attached hydrogen (secondary N) is 1. The molecule has 0 saturated carbocycles. The topological polar surface area (TPSA) is 44.8 Å². The van der Waals surface area contributed by atoms with Crippen molar-refractivity contribution < 1.29 is 9.53 Å². The van der Waals surface area contributed by atoms with E-state index < -0.39 is 0 Å². The van der Waals surface area contributed by atoms with Gasteiger partial charge in [-0.1, -0.05) is 0 Å². The summed E-state index contributed by atoms with van der Waals surface area (Å²) in [4.78, 5) is 17.0. The summed E-state index contributed by atoms with van der Waals surface area (Å²) in [6.45, 7) is 6.72. The van der Waals surface area contributed by atoms with Crippen LogP contribution in [-0.2, 0) is 9.53 Å². The molecule has 114 valence electrons. The van der Waals surface area contributed by atoms with E-state index in [9.17, 15) is 4.79 Å². The van der Waals surface area contributed by atoms with Crippen LogP contribution in [0.1, 0.15) is 32.1 Å². The molecule has 0 bridgehead atoms. The van der Waals surface area contributed by atoms with Gasteiger partial charge in [0, 0.05) is 38.1 Å². The average Bonchev–Trinajstić information content (AvgIpc) is 3.03. The highest BCUT2D eigenvalue weighted by Gasteiger charge is 2.29. The Morgan fingerprint density at radius 1 is 1.15 bits per heavy atom. The first-order chi connectivity index (χ1) is 9.83. The summed E-state index contributed by atoms with van der Waals surface area (Å²) in [5.41, 5.74) is 0. The van der Waals surface area contributed by atoms with Gasteiger partial charge in [-0.3, -0.25) is 4.79 Å². The van der Waals surface area contributed by atoms with Crippen molar-refractivity contribution in [2.24, 2.45) is 0 Å². The number of piperidine rings is 1. The van der Waals surface area contributed by atoms with E-state index in [1.54, 1.807) is 0 Å². The Balaban J connectivity index is 1.41. The Kier molecular flexibility index (Phi) is 4.91. The molecule has 5 nitrogen and oxygen atoms in total. The van der Waals surface area contributed by atoms with Gasteiger partial charge >= 0.3 is 0 Å². The first-order valence-corrected chi connectivity index (χ1v) is 8.16. The van der Waals surface area contributed by atoms with Crippen LogP contribution in [0.3, 0.4) is 0 Å². The summed E-state index contributed by atoms with van der Waals surface area (Å²) in [5, 5.41) is 3.36. The van der Waals surface area contributed by atoms with Crippen LogP contribution in [0.4, 0.5) is 0 Å². The first-order valence-electron chi connectivity index (χ1n) is 8.16. The zero-order valence-electron chi connectivity index (χ0n) is 12.4. The van der Waals surface area contributed by atoms with Gasteiger partial charge in [0.1, 0.15) is 0 Å². The summed E-state index contributed by atoms with van der Waals surface area (Å²) in [7, 11) is 0. The van der Waals surface area contributed by atoms with E-state index in [1.165, 1.54) is 25.9 Å². The number of ether oxygens (including phenoxy) is 1. The second-order valence-corrected chi connectivity index (χ2v) is 6.29. The largest absolute Gasteiger partial charge is 0.378 e. The number of likely N-dealkylation sites (tertiary alicyclic amines) is 2. The minimum absolute atomic E-state index is 0.215. The number of hydrogen-bond acceptors (Lipinski definition) is 4. The van der Waals surface area contributed by atoms with Crippen molar-refractivity contribution in [3.8, 4) is 0 Å². The predicted molar refractivity (Wildman–Crippen MR) is 77.6 cm³/mol. The summed E-state index contributed by atoms with van der Waals surface area (Å²) in [6, 6.07) is 0.935. The minimum Gasteiger partial charge on any atom is -0.378 e. The van der Waals surface area contributed by atoms with E-state index in [0.717, 1.165) is 45.1 Å². The smallest absolute Gasteiger partial charge is 0.224 e. The van der Waals surface area contributed by atoms with Crippen LogP contribution in [0.5, 0.6) is 0 Å². The molecular formula is C15H27N3O2. The Labute approximate surface area is 121 Å². The van der Waals surface area contributed by atoms with Gasteiger partial charge in [0.05, 0.1) is 13.2 Å². The van der Waals surface area contributed by atoms with Crippen molar-refractivity contribution in [1.82, 2.24) is 15.1 Å². The zero-order valence-corrected chi connectivity index (χ0v) is 12.4. The lowest BCUT2D eigenvalue weighted by Crippen LogP contribution is -2.49. The van der Waals surface area contributed by atoms with Gasteiger partial charge in [-0.15, -0.1) is 0 Å². The Bertz CT molecular complexity index is 317. The molecule has 5 heteroatoms. The first kappa shape index (κ1) is 14.3. The Morgan fingerprint density at radius 2 is 1.90 bits per heavy atom. The third-order valence-electron chi connectivity index (χ3n) is 4.89. The Hall–Kier alpha value is -0.650. The molecule has 3 rings (SSSR count). The van der Waals surface area contributed by atoms with Crippen LogP contribution in [-0.4, -0.2) is 73.7 Å². The second-order valence-electron chi connectivity index (χ2n) is 6.29. The van der Waals surface area contributed by atoms with Crippen molar-refractivity contribution in [2.75, 3.05) is 45.9 Å². The molecule has 3 aliphatic heterocycles. The lowest BCUT2D eigenvalue weighted by Gasteiger charge is -2.37. The molecule has 1 unspecified atom stereocenters. The lowest BCUT2D eigenvalue weighted by atomic mass is 10.0. The summed E-state index contributed by atoms with van der Waals surface area (Å²) in [5.74, 6) is 0.299. The maximum Gasteiger partial charge on any atom is 0.224 e. The Morgan fingerprint density at radius 3 is 2.55 bits per heavy atom. The third-order valence-corrected chi connectivity index (χ3v) is 4.89. The SMILES string of the molecule is O=C(CC1COCCN1)N1CCC(N2CCCC2)CC1. The molecule has 20 heavy (non-hydrogen) atoms. The third kappa shape index (κ3) is 3.51. The number of rotatable bonds is 3. The molecule has 0 aromatic carbocycles. The molecule has 3 heterocycles. The quantitative estimate of drug-likeness (QED) is 0.816. The van der Waals surface area contributed by atoms with Crippen molar-refractivity contribution in [1.29, 1.82) is 0 Å². The van der Waals surface area contributed by atoms with Crippen LogP contribution in [0, 0.1) is 0 Å². The molecule has 1 amide bonds. The van der Waals surface area contributed by atoms with Crippen molar-refractivity contribution >= 4 is 5.91 Å². The second kappa shape index (κ2) is 6.87. The molecule has 0 aromatic heterocycles. The molecule has 0 aliphatic carbocycles. The molecule has 1 N–H and O–H groups in total. The summed E-state index contributed by atoms with van der Waals surface area (Å²) >= 11 is 0. The van der Waals surface area contributed by atoms with Crippen LogP contribution < -0.4 is 5.32 Å². The molecular weight excluding hydrogens is 254 g/mol. The van der Waals surface area contributed by atoms with E-state index in [-0.39, 0.29) is 6.04 Å². The van der Waals surface area contributed by atoms with Crippen LogP contribution in [0.15, 0.2) is 0 Å². The molecule has 3 fully saturated rings. The molecule has 1 atom stereocenters. The highest BCUT2D eigenvalue weighted by Crippen LogP contribution is 2.21. The number of morpholine rings is 1. The molecule has 3 saturated heterocycles. The fourth-order valence-corrected chi connectivity index (χ4v) is 3.68. The van der Waals surface area contributed by atoms with Crippen molar-refractivity contribution in [2.45, 2.75) is 44.2 Å². The van der Waals surface area contributed by atoms with Gasteiger partial charge in [-0.25, -0.2) is 0 Å². The highest BCUT2D eigenvalue weighted by atomic mass is 16.5. The maximum absolute atomic E-state index is 12.3. The fraction of sp³-hybridized carbons (Fsp3) is 0.933. The predicted octanol–water partition coefficient (Wildman–Crippen LogP) is 0.452. The van der Waals surface area contributed by atoms with E-state index in [1.807, 2.05) is 0 Å². The molecule has 3 aliphatic rings. The van der Waals surface area contributed by atoms with Gasteiger partial charge < -0.3 is 19.9 Å². The number of amides is 1. The fourth-order valence-electron chi connectivity index (χ4n) is 3.68. The summed E-state index contributed by atoms with van der Waals surface area (Å²) < 4.78 is 5.41. The monoisotopic (exact) mass is 281 g/mol.